The maximum absolute atomic E-state index is 12.3. The highest BCUT2D eigenvalue weighted by atomic mass is 16.2. The lowest BCUT2D eigenvalue weighted by molar-refractivity contribution is -0.127. The summed E-state index contributed by atoms with van der Waals surface area (Å²) in [5.41, 5.74) is 2.20. The second kappa shape index (κ2) is 6.31. The number of rotatable bonds is 2. The van der Waals surface area contributed by atoms with Crippen molar-refractivity contribution in [3.8, 4) is 0 Å². The van der Waals surface area contributed by atoms with Crippen molar-refractivity contribution in [3.05, 3.63) is 71.8 Å². The van der Waals surface area contributed by atoms with Crippen molar-refractivity contribution < 1.29 is 9.59 Å². The Balaban J connectivity index is 1.74. The second-order valence-corrected chi connectivity index (χ2v) is 6.44. The molecule has 6 nitrogen and oxygen atoms in total. The highest BCUT2D eigenvalue weighted by Gasteiger charge is 2.47. The summed E-state index contributed by atoms with van der Waals surface area (Å²) in [5.74, 6) is -0.298. The number of amides is 3. The van der Waals surface area contributed by atoms with Crippen LogP contribution in [-0.2, 0) is 4.79 Å². The van der Waals surface area contributed by atoms with Crippen LogP contribution in [0.3, 0.4) is 0 Å². The van der Waals surface area contributed by atoms with Gasteiger partial charge in [0.1, 0.15) is 12.2 Å². The Morgan fingerprint density at radius 2 is 1.28 bits per heavy atom. The smallest absolute Gasteiger partial charge is 0.310 e. The number of hydrogen-bond acceptors (Lipinski definition) is 4. The summed E-state index contributed by atoms with van der Waals surface area (Å²) in [4.78, 5) is 25.9. The lowest BCUT2D eigenvalue weighted by Gasteiger charge is -2.48. The molecule has 4 atom stereocenters. The molecule has 0 aromatic heterocycles. The van der Waals surface area contributed by atoms with Crippen molar-refractivity contribution in [1.29, 1.82) is 0 Å². The predicted octanol–water partition coefficient (Wildman–Crippen LogP) is 1.54. The SMILES string of the molecule is CN1C(=O)NC(=O)C2NC(c3ccccc3)C(c3ccccc3)NC21. The van der Waals surface area contributed by atoms with Crippen LogP contribution in [0.15, 0.2) is 60.7 Å². The molecule has 4 rings (SSSR count). The largest absolute Gasteiger partial charge is 0.325 e. The summed E-state index contributed by atoms with van der Waals surface area (Å²) < 4.78 is 0. The van der Waals surface area contributed by atoms with Gasteiger partial charge in [0.05, 0.1) is 12.1 Å². The van der Waals surface area contributed by atoms with Crippen LogP contribution in [-0.4, -0.2) is 36.1 Å². The third-order valence-corrected chi connectivity index (χ3v) is 4.93. The lowest BCUT2D eigenvalue weighted by atomic mass is 9.88. The standard InChI is InChI=1S/C19H20N4O2/c1-23-17-16(18(24)22-19(23)25)20-14(12-8-4-2-5-9-12)15(21-17)13-10-6-3-7-11-13/h2-11,14-17,20-21H,1H3,(H,22,24,25). The number of imide groups is 1. The van der Waals surface area contributed by atoms with Gasteiger partial charge in [-0.3, -0.25) is 20.7 Å². The Bertz CT molecular complexity index is 781. The Labute approximate surface area is 146 Å². The second-order valence-electron chi connectivity index (χ2n) is 6.44. The minimum atomic E-state index is -0.507. The van der Waals surface area contributed by atoms with E-state index in [0.29, 0.717) is 0 Å². The Morgan fingerprint density at radius 3 is 1.84 bits per heavy atom. The van der Waals surface area contributed by atoms with E-state index in [2.05, 4.69) is 28.1 Å². The van der Waals surface area contributed by atoms with Crippen LogP contribution in [0.25, 0.3) is 0 Å². The van der Waals surface area contributed by atoms with Gasteiger partial charge >= 0.3 is 6.03 Å². The molecule has 0 bridgehead atoms. The Morgan fingerprint density at radius 1 is 0.760 bits per heavy atom. The van der Waals surface area contributed by atoms with E-state index in [1.54, 1.807) is 7.05 Å². The van der Waals surface area contributed by atoms with Gasteiger partial charge in [-0.25, -0.2) is 4.79 Å². The van der Waals surface area contributed by atoms with Crippen molar-refractivity contribution in [1.82, 2.24) is 20.9 Å². The van der Waals surface area contributed by atoms with E-state index in [1.165, 1.54) is 4.90 Å². The summed E-state index contributed by atoms with van der Waals surface area (Å²) in [7, 11) is 1.69. The fourth-order valence-electron chi connectivity index (χ4n) is 3.61. The molecular weight excluding hydrogens is 316 g/mol. The summed E-state index contributed by atoms with van der Waals surface area (Å²) in [6.45, 7) is 0. The zero-order valence-corrected chi connectivity index (χ0v) is 13.8. The molecule has 2 heterocycles. The molecule has 0 radical (unpaired) electrons. The number of likely N-dealkylation sites (N-methyl/N-ethyl adjacent to an activating group) is 1. The van der Waals surface area contributed by atoms with E-state index >= 15 is 0 Å². The first-order chi connectivity index (χ1) is 12.1. The zero-order valence-electron chi connectivity index (χ0n) is 13.8. The van der Waals surface area contributed by atoms with Gasteiger partial charge in [-0.15, -0.1) is 0 Å². The Hall–Kier alpha value is -2.70. The van der Waals surface area contributed by atoms with Crippen LogP contribution in [0.4, 0.5) is 4.79 Å². The number of carbonyl (C=O) groups excluding carboxylic acids is 2. The number of carbonyl (C=O) groups is 2. The molecule has 0 saturated carbocycles. The molecule has 2 aromatic carbocycles. The molecule has 0 aliphatic carbocycles. The number of nitrogens with one attached hydrogen (secondary N) is 3. The molecule has 2 aromatic rings. The van der Waals surface area contributed by atoms with Crippen molar-refractivity contribution in [2.45, 2.75) is 24.3 Å². The van der Waals surface area contributed by atoms with Gasteiger partial charge in [0.2, 0.25) is 5.91 Å². The highest BCUT2D eigenvalue weighted by molar-refractivity contribution is 6.00. The molecule has 2 saturated heterocycles. The first kappa shape index (κ1) is 15.8. The van der Waals surface area contributed by atoms with Crippen LogP contribution in [0, 0.1) is 0 Å². The summed E-state index contributed by atoms with van der Waals surface area (Å²) in [5, 5.41) is 9.37. The quantitative estimate of drug-likeness (QED) is 0.778. The number of hydrogen-bond donors (Lipinski definition) is 3. The average molecular weight is 336 g/mol. The first-order valence-electron chi connectivity index (χ1n) is 8.35. The fraction of sp³-hybridized carbons (Fsp3) is 0.263. The van der Waals surface area contributed by atoms with Crippen LogP contribution in [0.5, 0.6) is 0 Å². The number of piperazine rings is 1. The fourth-order valence-corrected chi connectivity index (χ4v) is 3.61. The molecule has 25 heavy (non-hydrogen) atoms. The van der Waals surface area contributed by atoms with Crippen molar-refractivity contribution >= 4 is 11.9 Å². The average Bonchev–Trinajstić information content (AvgIpc) is 2.66. The van der Waals surface area contributed by atoms with Crippen LogP contribution < -0.4 is 16.0 Å². The van der Waals surface area contributed by atoms with Crippen molar-refractivity contribution in [2.75, 3.05) is 7.05 Å². The van der Waals surface area contributed by atoms with Crippen LogP contribution in [0.2, 0.25) is 0 Å². The Kier molecular flexibility index (Phi) is 3.99. The van der Waals surface area contributed by atoms with Gasteiger partial charge in [0.15, 0.2) is 0 Å². The highest BCUT2D eigenvalue weighted by Crippen LogP contribution is 2.34. The number of urea groups is 1. The molecule has 2 fully saturated rings. The van der Waals surface area contributed by atoms with Crippen LogP contribution >= 0.6 is 0 Å². The summed E-state index contributed by atoms with van der Waals surface area (Å²) in [6.07, 6.45) is -0.397. The van der Waals surface area contributed by atoms with Crippen molar-refractivity contribution in [2.24, 2.45) is 0 Å². The molecule has 0 spiro atoms. The number of fused-ring (bicyclic) bond motifs is 1. The van der Waals surface area contributed by atoms with E-state index in [9.17, 15) is 9.59 Å². The molecule has 6 heteroatoms. The third kappa shape index (κ3) is 2.79. The normalized spacial score (nSPS) is 29.1. The van der Waals surface area contributed by atoms with E-state index in [-0.39, 0.29) is 24.0 Å². The number of benzene rings is 2. The molecular formula is C19H20N4O2. The summed E-state index contributed by atoms with van der Waals surface area (Å²) in [6, 6.07) is 19.1. The lowest BCUT2D eigenvalue weighted by Crippen LogP contribution is -2.74. The van der Waals surface area contributed by atoms with Gasteiger partial charge in [0, 0.05) is 7.05 Å². The summed E-state index contributed by atoms with van der Waals surface area (Å²) >= 11 is 0. The topological polar surface area (TPSA) is 73.5 Å². The van der Waals surface area contributed by atoms with Crippen LogP contribution in [0.1, 0.15) is 23.2 Å². The van der Waals surface area contributed by atoms with Gasteiger partial charge in [-0.05, 0) is 11.1 Å². The van der Waals surface area contributed by atoms with E-state index in [4.69, 9.17) is 0 Å². The minimum absolute atomic E-state index is 0.0639. The molecule has 2 aliphatic rings. The predicted molar refractivity (Wildman–Crippen MR) is 93.5 cm³/mol. The van der Waals surface area contributed by atoms with E-state index in [0.717, 1.165) is 11.1 Å². The molecule has 3 N–H and O–H groups in total. The molecule has 2 aliphatic heterocycles. The van der Waals surface area contributed by atoms with E-state index in [1.807, 2.05) is 48.5 Å². The van der Waals surface area contributed by atoms with Gasteiger partial charge < -0.3 is 4.90 Å². The molecule has 4 unspecified atom stereocenters. The third-order valence-electron chi connectivity index (χ3n) is 4.93. The van der Waals surface area contributed by atoms with E-state index < -0.39 is 12.2 Å². The maximum atomic E-state index is 12.3. The first-order valence-corrected chi connectivity index (χ1v) is 8.35. The van der Waals surface area contributed by atoms with Crippen molar-refractivity contribution in [3.63, 3.8) is 0 Å². The molecule has 128 valence electrons. The monoisotopic (exact) mass is 336 g/mol. The maximum Gasteiger partial charge on any atom is 0.325 e. The zero-order chi connectivity index (χ0) is 17.4. The van der Waals surface area contributed by atoms with Gasteiger partial charge in [-0.2, -0.15) is 0 Å². The molecule has 3 amide bonds. The number of nitrogens with zero attached hydrogens (tertiary/aromatic N) is 1. The minimum Gasteiger partial charge on any atom is -0.310 e. The van der Waals surface area contributed by atoms with Gasteiger partial charge in [-0.1, -0.05) is 60.7 Å². The van der Waals surface area contributed by atoms with Gasteiger partial charge in [0.25, 0.3) is 0 Å².